The number of nitriles is 1. The first kappa shape index (κ1) is 19.6. The van der Waals surface area contributed by atoms with Crippen LogP contribution in [0.4, 0.5) is 11.7 Å². The number of hydrogen-bond acceptors (Lipinski definition) is 7. The van der Waals surface area contributed by atoms with Gasteiger partial charge in [0.15, 0.2) is 0 Å². The van der Waals surface area contributed by atoms with E-state index in [0.29, 0.717) is 46.0 Å². The maximum absolute atomic E-state index is 12.6. The molecule has 5 rings (SSSR count). The SMILES string of the molecule is CC1=C(C#N)C(Cc2cc3c(NC(=O)c4ccccc4)nccc3o2)c2c(C)noc2N1. The maximum atomic E-state index is 12.6. The number of rotatable bonds is 4. The third-order valence-electron chi connectivity index (χ3n) is 5.60. The lowest BCUT2D eigenvalue weighted by atomic mass is 9.84. The van der Waals surface area contributed by atoms with Gasteiger partial charge >= 0.3 is 0 Å². The van der Waals surface area contributed by atoms with E-state index in [1.165, 1.54) is 0 Å². The van der Waals surface area contributed by atoms with Crippen molar-refractivity contribution in [3.63, 3.8) is 0 Å². The molecule has 1 atom stereocenters. The van der Waals surface area contributed by atoms with Crippen LogP contribution < -0.4 is 10.6 Å². The van der Waals surface area contributed by atoms with Crippen LogP contribution >= 0.6 is 0 Å². The van der Waals surface area contributed by atoms with Gasteiger partial charge in [-0.2, -0.15) is 5.26 Å². The molecule has 158 valence electrons. The second kappa shape index (κ2) is 7.71. The number of allylic oxidation sites excluding steroid dienone is 2. The van der Waals surface area contributed by atoms with Gasteiger partial charge in [-0.3, -0.25) is 4.79 Å². The fraction of sp³-hybridized carbons (Fsp3) is 0.167. The molecular formula is C24H19N5O3. The second-order valence-electron chi connectivity index (χ2n) is 7.65. The highest BCUT2D eigenvalue weighted by atomic mass is 16.5. The Morgan fingerprint density at radius 2 is 2.06 bits per heavy atom. The Hall–Kier alpha value is -4.38. The second-order valence-corrected chi connectivity index (χ2v) is 7.65. The highest BCUT2D eigenvalue weighted by Gasteiger charge is 2.33. The molecule has 0 saturated heterocycles. The number of anilines is 2. The van der Waals surface area contributed by atoms with E-state index in [1.807, 2.05) is 26.0 Å². The van der Waals surface area contributed by atoms with E-state index in [0.717, 1.165) is 17.0 Å². The van der Waals surface area contributed by atoms with Gasteiger partial charge in [0.1, 0.15) is 17.2 Å². The maximum Gasteiger partial charge on any atom is 0.256 e. The first-order valence-electron chi connectivity index (χ1n) is 10.1. The molecule has 1 amide bonds. The van der Waals surface area contributed by atoms with Crippen molar-refractivity contribution in [2.45, 2.75) is 26.2 Å². The number of pyridine rings is 1. The minimum Gasteiger partial charge on any atom is -0.461 e. The van der Waals surface area contributed by atoms with Crippen LogP contribution in [0.2, 0.25) is 0 Å². The highest BCUT2D eigenvalue weighted by molar-refractivity contribution is 6.07. The Bertz CT molecular complexity index is 1410. The molecule has 1 unspecified atom stereocenters. The summed E-state index contributed by atoms with van der Waals surface area (Å²) in [4.78, 5) is 16.9. The quantitative estimate of drug-likeness (QED) is 0.476. The van der Waals surface area contributed by atoms with Gasteiger partial charge in [0, 0.05) is 35.4 Å². The van der Waals surface area contributed by atoms with Crippen LogP contribution in [0, 0.1) is 18.3 Å². The number of furan rings is 1. The van der Waals surface area contributed by atoms with E-state index in [4.69, 9.17) is 8.94 Å². The molecule has 32 heavy (non-hydrogen) atoms. The predicted molar refractivity (Wildman–Crippen MR) is 118 cm³/mol. The number of aryl methyl sites for hydroxylation is 1. The molecule has 1 aliphatic rings. The Kier molecular flexibility index (Phi) is 4.71. The van der Waals surface area contributed by atoms with Crippen molar-refractivity contribution in [3.8, 4) is 6.07 Å². The lowest BCUT2D eigenvalue weighted by Gasteiger charge is -2.23. The largest absolute Gasteiger partial charge is 0.461 e. The molecule has 0 bridgehead atoms. The fourth-order valence-corrected chi connectivity index (χ4v) is 4.07. The van der Waals surface area contributed by atoms with Gasteiger partial charge in [0.2, 0.25) is 5.88 Å². The van der Waals surface area contributed by atoms with E-state index >= 15 is 0 Å². The van der Waals surface area contributed by atoms with Crippen molar-refractivity contribution in [3.05, 3.63) is 82.5 Å². The van der Waals surface area contributed by atoms with Gasteiger partial charge in [0.25, 0.3) is 5.91 Å². The van der Waals surface area contributed by atoms with Crippen LogP contribution in [0.25, 0.3) is 11.0 Å². The third kappa shape index (κ3) is 3.30. The van der Waals surface area contributed by atoms with Crippen molar-refractivity contribution in [1.82, 2.24) is 10.1 Å². The van der Waals surface area contributed by atoms with Crippen molar-refractivity contribution in [1.29, 1.82) is 5.26 Å². The molecule has 0 saturated carbocycles. The highest BCUT2D eigenvalue weighted by Crippen LogP contribution is 2.41. The van der Waals surface area contributed by atoms with E-state index in [9.17, 15) is 10.1 Å². The fourth-order valence-electron chi connectivity index (χ4n) is 4.07. The zero-order valence-corrected chi connectivity index (χ0v) is 17.5. The van der Waals surface area contributed by atoms with Crippen LogP contribution in [0.1, 0.15) is 40.2 Å². The van der Waals surface area contributed by atoms with Crippen molar-refractivity contribution in [2.75, 3.05) is 10.6 Å². The minimum atomic E-state index is -0.251. The normalized spacial score (nSPS) is 15.2. The summed E-state index contributed by atoms with van der Waals surface area (Å²) in [7, 11) is 0. The molecule has 2 N–H and O–H groups in total. The molecule has 0 aliphatic carbocycles. The molecule has 8 nitrogen and oxygen atoms in total. The number of amides is 1. The number of hydrogen-bond donors (Lipinski definition) is 2. The van der Waals surface area contributed by atoms with Gasteiger partial charge < -0.3 is 19.6 Å². The van der Waals surface area contributed by atoms with Crippen LogP contribution in [0.3, 0.4) is 0 Å². The smallest absolute Gasteiger partial charge is 0.256 e. The number of nitrogens with zero attached hydrogens (tertiary/aromatic N) is 3. The Labute approximate surface area is 183 Å². The van der Waals surface area contributed by atoms with E-state index < -0.39 is 0 Å². The summed E-state index contributed by atoms with van der Waals surface area (Å²) < 4.78 is 11.5. The number of aromatic nitrogens is 2. The topological polar surface area (TPSA) is 117 Å². The van der Waals surface area contributed by atoms with Gasteiger partial charge in [-0.15, -0.1) is 0 Å². The molecule has 8 heteroatoms. The number of carbonyl (C=O) groups is 1. The van der Waals surface area contributed by atoms with Crippen LogP contribution in [-0.4, -0.2) is 16.0 Å². The van der Waals surface area contributed by atoms with Gasteiger partial charge in [-0.25, -0.2) is 4.98 Å². The van der Waals surface area contributed by atoms with Crippen molar-refractivity contribution >= 4 is 28.6 Å². The zero-order valence-electron chi connectivity index (χ0n) is 17.5. The summed E-state index contributed by atoms with van der Waals surface area (Å²) in [6.45, 7) is 3.69. The monoisotopic (exact) mass is 425 g/mol. The molecule has 0 spiro atoms. The molecule has 0 radical (unpaired) electrons. The number of fused-ring (bicyclic) bond motifs is 2. The van der Waals surface area contributed by atoms with Crippen molar-refractivity contribution in [2.24, 2.45) is 0 Å². The summed E-state index contributed by atoms with van der Waals surface area (Å²) in [6.07, 6.45) is 2.03. The van der Waals surface area contributed by atoms with Gasteiger partial charge in [-0.1, -0.05) is 23.4 Å². The van der Waals surface area contributed by atoms with Crippen molar-refractivity contribution < 1.29 is 13.7 Å². The summed E-state index contributed by atoms with van der Waals surface area (Å²) >= 11 is 0. The Balaban J connectivity index is 1.49. The molecule has 1 aliphatic heterocycles. The lowest BCUT2D eigenvalue weighted by Crippen LogP contribution is -2.17. The van der Waals surface area contributed by atoms with E-state index in [-0.39, 0.29) is 11.8 Å². The van der Waals surface area contributed by atoms with Crippen LogP contribution in [0.5, 0.6) is 0 Å². The van der Waals surface area contributed by atoms with Crippen LogP contribution in [-0.2, 0) is 6.42 Å². The first-order valence-corrected chi connectivity index (χ1v) is 10.1. The zero-order chi connectivity index (χ0) is 22.2. The average molecular weight is 425 g/mol. The summed E-state index contributed by atoms with van der Waals surface area (Å²) in [6, 6.07) is 14.9. The Morgan fingerprint density at radius 3 is 2.84 bits per heavy atom. The molecule has 4 aromatic rings. The number of nitrogens with one attached hydrogen (secondary N) is 2. The number of benzene rings is 1. The summed E-state index contributed by atoms with van der Waals surface area (Å²) in [5.41, 5.74) is 4.07. The molecule has 0 fully saturated rings. The van der Waals surface area contributed by atoms with E-state index in [1.54, 1.807) is 36.5 Å². The first-order chi connectivity index (χ1) is 15.5. The summed E-state index contributed by atoms with van der Waals surface area (Å²) in [5, 5.41) is 20.5. The minimum absolute atomic E-state index is 0.248. The average Bonchev–Trinajstić information content (AvgIpc) is 3.38. The molecule has 1 aromatic carbocycles. The van der Waals surface area contributed by atoms with E-state index in [2.05, 4.69) is 26.8 Å². The lowest BCUT2D eigenvalue weighted by molar-refractivity contribution is 0.102. The Morgan fingerprint density at radius 1 is 1.25 bits per heavy atom. The summed E-state index contributed by atoms with van der Waals surface area (Å²) in [5.74, 6) is 1.14. The standard InChI is InChI=1S/C24H19N5O3/c1-13-19(12-25)17(21-14(2)29-32-24(21)27-13)10-16-11-18-20(31-16)8-9-26-22(18)28-23(30)15-6-4-3-5-7-15/h3-9,11,17,27H,10H2,1-2H3,(H,26,28,30). The third-order valence-corrected chi connectivity index (χ3v) is 5.60. The van der Waals surface area contributed by atoms with Gasteiger partial charge in [-0.05, 0) is 38.1 Å². The predicted octanol–water partition coefficient (Wildman–Crippen LogP) is 4.93. The number of carbonyl (C=O) groups excluding carboxylic acids is 1. The molecular weight excluding hydrogens is 406 g/mol. The molecule has 3 aromatic heterocycles. The molecule has 4 heterocycles. The van der Waals surface area contributed by atoms with Crippen LogP contribution in [0.15, 0.2) is 68.9 Å². The van der Waals surface area contributed by atoms with Gasteiger partial charge in [0.05, 0.1) is 22.7 Å².